The number of nitrogens with one attached hydrogen (secondary N) is 1. The van der Waals surface area contributed by atoms with Gasteiger partial charge in [-0.25, -0.2) is 4.98 Å². The summed E-state index contributed by atoms with van der Waals surface area (Å²) in [5.74, 6) is 0.815. The Bertz CT molecular complexity index is 1250. The van der Waals surface area contributed by atoms with Crippen LogP contribution in [0.25, 0.3) is 27.7 Å². The zero-order valence-corrected chi connectivity index (χ0v) is 16.8. The minimum absolute atomic E-state index is 0.435. The van der Waals surface area contributed by atoms with Gasteiger partial charge in [-0.3, -0.25) is 10.1 Å². The molecule has 0 aliphatic carbocycles. The van der Waals surface area contributed by atoms with E-state index in [0.717, 1.165) is 52.3 Å². The monoisotopic (exact) mass is 394 g/mol. The number of hydrogen-bond acceptors (Lipinski definition) is 4. The van der Waals surface area contributed by atoms with Crippen molar-refractivity contribution in [3.63, 3.8) is 0 Å². The second-order valence-electron chi connectivity index (χ2n) is 7.36. The fourth-order valence-electron chi connectivity index (χ4n) is 3.79. The van der Waals surface area contributed by atoms with Gasteiger partial charge in [0.25, 0.3) is 0 Å². The summed E-state index contributed by atoms with van der Waals surface area (Å²) in [7, 11) is 0. The third-order valence-electron chi connectivity index (χ3n) is 5.35. The van der Waals surface area contributed by atoms with E-state index in [0.29, 0.717) is 6.61 Å². The molecule has 5 heteroatoms. The number of benzene rings is 2. The first kappa shape index (κ1) is 18.3. The summed E-state index contributed by atoms with van der Waals surface area (Å²) in [6.45, 7) is 3.30. The summed E-state index contributed by atoms with van der Waals surface area (Å²) in [5.41, 5.74) is 7.48. The van der Waals surface area contributed by atoms with Crippen LogP contribution in [-0.4, -0.2) is 27.9 Å². The highest BCUT2D eigenvalue weighted by Gasteiger charge is 2.16. The Morgan fingerprint density at radius 3 is 2.70 bits per heavy atom. The van der Waals surface area contributed by atoms with Crippen LogP contribution in [0.3, 0.4) is 0 Å². The molecule has 148 valence electrons. The third-order valence-corrected chi connectivity index (χ3v) is 5.35. The van der Waals surface area contributed by atoms with Gasteiger partial charge in [0, 0.05) is 29.3 Å². The molecular weight excluding hydrogens is 372 g/mol. The normalized spacial score (nSPS) is 13.4. The average molecular weight is 394 g/mol. The Morgan fingerprint density at radius 1 is 1.00 bits per heavy atom. The molecule has 0 radical (unpaired) electrons. The zero-order chi connectivity index (χ0) is 20.3. The highest BCUT2D eigenvalue weighted by molar-refractivity contribution is 5.90. The number of ether oxygens (including phenoxy) is 1. The predicted molar refractivity (Wildman–Crippen MR) is 121 cm³/mol. The van der Waals surface area contributed by atoms with Gasteiger partial charge in [0.2, 0.25) is 0 Å². The first-order chi connectivity index (χ1) is 14.8. The van der Waals surface area contributed by atoms with Crippen LogP contribution >= 0.6 is 0 Å². The molecule has 0 saturated carbocycles. The number of rotatable bonds is 5. The first-order valence-electron chi connectivity index (χ1n) is 10.1. The molecule has 2 aromatic heterocycles. The van der Waals surface area contributed by atoms with E-state index >= 15 is 0 Å². The lowest BCUT2D eigenvalue weighted by Gasteiger charge is -2.11. The van der Waals surface area contributed by atoms with Crippen LogP contribution in [0, 0.1) is 6.92 Å². The second-order valence-corrected chi connectivity index (χ2v) is 7.36. The number of H-pyrrole nitrogens is 1. The largest absolute Gasteiger partial charge is 0.487 e. The van der Waals surface area contributed by atoms with Crippen molar-refractivity contribution < 1.29 is 4.74 Å². The lowest BCUT2D eigenvalue weighted by atomic mass is 9.96. The van der Waals surface area contributed by atoms with Crippen LogP contribution < -0.4 is 4.74 Å². The minimum Gasteiger partial charge on any atom is -0.487 e. The molecule has 0 spiro atoms. The lowest BCUT2D eigenvalue weighted by Crippen LogP contribution is -1.99. The lowest BCUT2D eigenvalue weighted by molar-refractivity contribution is 0.302. The summed E-state index contributed by atoms with van der Waals surface area (Å²) in [6.07, 6.45) is 4.90. The van der Waals surface area contributed by atoms with Crippen molar-refractivity contribution in [3.8, 4) is 17.0 Å². The summed E-state index contributed by atoms with van der Waals surface area (Å²) >= 11 is 0. The number of hydrogen-bond donors (Lipinski definition) is 1. The summed E-state index contributed by atoms with van der Waals surface area (Å²) in [5, 5.41) is 8.77. The number of pyridine rings is 1. The van der Waals surface area contributed by atoms with Gasteiger partial charge < -0.3 is 4.74 Å². The highest BCUT2D eigenvalue weighted by atomic mass is 16.5. The van der Waals surface area contributed by atoms with Crippen molar-refractivity contribution in [1.29, 1.82) is 0 Å². The fourth-order valence-corrected chi connectivity index (χ4v) is 3.79. The summed E-state index contributed by atoms with van der Waals surface area (Å²) < 4.78 is 5.97. The molecule has 0 fully saturated rings. The number of allylic oxidation sites excluding steroid dienone is 1. The predicted octanol–water partition coefficient (Wildman–Crippen LogP) is 5.37. The molecule has 5 nitrogen and oxygen atoms in total. The molecule has 0 unspecified atom stereocenters. The number of para-hydroxylation sites is 1. The van der Waals surface area contributed by atoms with E-state index in [9.17, 15) is 0 Å². The van der Waals surface area contributed by atoms with E-state index in [4.69, 9.17) is 4.74 Å². The molecule has 4 aromatic rings. The first-order valence-corrected chi connectivity index (χ1v) is 10.1. The van der Waals surface area contributed by atoms with Crippen molar-refractivity contribution in [3.05, 3.63) is 83.7 Å². The van der Waals surface area contributed by atoms with Crippen LogP contribution in [0.5, 0.6) is 5.75 Å². The molecule has 0 atom stereocenters. The van der Waals surface area contributed by atoms with E-state index in [2.05, 4.69) is 50.5 Å². The number of fused-ring (bicyclic) bond motifs is 1. The molecule has 1 N–H and O–H groups in total. The SMILES string of the molecule is Cc1n[nH]c(-c2ccc(OCc3ccc4ccccc4n3)cc2)c1C1=CC=NCC1. The van der Waals surface area contributed by atoms with E-state index in [1.165, 1.54) is 11.1 Å². The smallest absolute Gasteiger partial charge is 0.130 e. The van der Waals surface area contributed by atoms with Gasteiger partial charge in [-0.2, -0.15) is 5.10 Å². The molecule has 0 saturated heterocycles. The molecule has 0 bridgehead atoms. The van der Waals surface area contributed by atoms with Gasteiger partial charge in [0.15, 0.2) is 0 Å². The van der Waals surface area contributed by atoms with Gasteiger partial charge >= 0.3 is 0 Å². The quantitative estimate of drug-likeness (QED) is 0.495. The van der Waals surface area contributed by atoms with E-state index in [1.807, 2.05) is 49.5 Å². The third kappa shape index (κ3) is 3.62. The summed E-state index contributed by atoms with van der Waals surface area (Å²) in [6, 6.07) is 20.3. The average Bonchev–Trinajstić information content (AvgIpc) is 3.20. The highest BCUT2D eigenvalue weighted by Crippen LogP contribution is 2.32. The van der Waals surface area contributed by atoms with E-state index in [1.54, 1.807) is 0 Å². The molecule has 1 aliphatic rings. The van der Waals surface area contributed by atoms with Gasteiger partial charge in [0.1, 0.15) is 12.4 Å². The zero-order valence-electron chi connectivity index (χ0n) is 16.8. The van der Waals surface area contributed by atoms with Crippen LogP contribution in [0.4, 0.5) is 0 Å². The Balaban J connectivity index is 1.33. The van der Waals surface area contributed by atoms with Crippen molar-refractivity contribution in [1.82, 2.24) is 15.2 Å². The van der Waals surface area contributed by atoms with Crippen molar-refractivity contribution in [2.45, 2.75) is 20.0 Å². The maximum absolute atomic E-state index is 5.97. The number of aliphatic imine (C=N–C) groups is 1. The second kappa shape index (κ2) is 7.95. The van der Waals surface area contributed by atoms with Gasteiger partial charge in [-0.05, 0) is 61.4 Å². The van der Waals surface area contributed by atoms with Crippen molar-refractivity contribution in [2.75, 3.05) is 6.54 Å². The fraction of sp³-hybridized carbons (Fsp3) is 0.160. The van der Waals surface area contributed by atoms with Crippen LogP contribution in [-0.2, 0) is 6.61 Å². The van der Waals surface area contributed by atoms with Crippen LogP contribution in [0.15, 0.2) is 71.7 Å². The van der Waals surface area contributed by atoms with Gasteiger partial charge in [-0.15, -0.1) is 0 Å². The van der Waals surface area contributed by atoms with Crippen molar-refractivity contribution in [2.24, 2.45) is 4.99 Å². The van der Waals surface area contributed by atoms with Gasteiger partial charge in [-0.1, -0.05) is 24.3 Å². The maximum atomic E-state index is 5.97. The molecule has 30 heavy (non-hydrogen) atoms. The van der Waals surface area contributed by atoms with Crippen molar-refractivity contribution >= 4 is 22.7 Å². The number of aromatic nitrogens is 3. The Hall–Kier alpha value is -3.73. The Morgan fingerprint density at radius 2 is 1.87 bits per heavy atom. The van der Waals surface area contributed by atoms with E-state index < -0.39 is 0 Å². The van der Waals surface area contributed by atoms with Crippen LogP contribution in [0.2, 0.25) is 0 Å². The van der Waals surface area contributed by atoms with E-state index in [-0.39, 0.29) is 0 Å². The molecule has 5 rings (SSSR count). The molecule has 2 aromatic carbocycles. The Labute approximate surface area is 175 Å². The number of aromatic amines is 1. The standard InChI is InChI=1S/C25H22N4O/c1-17-24(19-12-14-26-15-13-19)25(29-28-17)20-7-10-22(11-8-20)30-16-21-9-6-18-4-2-3-5-23(18)27-21/h2-12,14H,13,15-16H2,1H3,(H,28,29). The molecular formula is C25H22N4O. The number of dihydropyridines is 1. The maximum Gasteiger partial charge on any atom is 0.130 e. The van der Waals surface area contributed by atoms with Gasteiger partial charge in [0.05, 0.1) is 22.6 Å². The topological polar surface area (TPSA) is 63.2 Å². The number of aryl methyl sites for hydroxylation is 1. The Kier molecular flexibility index (Phi) is 4.85. The minimum atomic E-state index is 0.435. The molecule has 3 heterocycles. The number of nitrogens with zero attached hydrogens (tertiary/aromatic N) is 3. The molecule has 0 amide bonds. The van der Waals surface area contributed by atoms with Crippen LogP contribution in [0.1, 0.15) is 23.4 Å². The summed E-state index contributed by atoms with van der Waals surface area (Å²) in [4.78, 5) is 8.96. The molecule has 1 aliphatic heterocycles.